The average molecular weight is 404 g/mol. The molecule has 3 heterocycles. The molecule has 1 saturated heterocycles. The van der Waals surface area contributed by atoms with E-state index in [0.717, 1.165) is 50.2 Å². The van der Waals surface area contributed by atoms with Crippen LogP contribution in [0, 0.1) is 0 Å². The zero-order valence-electron chi connectivity index (χ0n) is 17.6. The van der Waals surface area contributed by atoms with Crippen molar-refractivity contribution in [1.29, 1.82) is 0 Å². The molecule has 0 radical (unpaired) electrons. The summed E-state index contributed by atoms with van der Waals surface area (Å²) < 4.78 is 13.5. The van der Waals surface area contributed by atoms with E-state index in [9.17, 15) is 9.50 Å². The van der Waals surface area contributed by atoms with Crippen molar-refractivity contribution >= 4 is 5.84 Å². The summed E-state index contributed by atoms with van der Waals surface area (Å²) in [5.41, 5.74) is 10.0. The highest BCUT2D eigenvalue weighted by Gasteiger charge is 2.25. The van der Waals surface area contributed by atoms with E-state index in [1.165, 1.54) is 5.57 Å². The van der Waals surface area contributed by atoms with E-state index in [2.05, 4.69) is 33.1 Å². The molecule has 2 unspecified atom stereocenters. The smallest absolute Gasteiger partial charge is 0.131 e. The minimum atomic E-state index is -0.554. The number of amidine groups is 1. The van der Waals surface area contributed by atoms with Crippen LogP contribution in [0.15, 0.2) is 51.7 Å². The van der Waals surface area contributed by atoms with Gasteiger partial charge in [0.05, 0.1) is 6.54 Å². The lowest BCUT2D eigenvalue weighted by atomic mass is 9.99. The van der Waals surface area contributed by atoms with Crippen molar-refractivity contribution in [3.8, 4) is 0 Å². The number of halogens is 1. The second-order valence-corrected chi connectivity index (χ2v) is 8.24. The molecular formula is C22H34FN5O. The van der Waals surface area contributed by atoms with E-state index < -0.39 is 12.9 Å². The third-order valence-electron chi connectivity index (χ3n) is 5.82. The third kappa shape index (κ3) is 6.09. The summed E-state index contributed by atoms with van der Waals surface area (Å²) in [6, 6.07) is 0.236. The van der Waals surface area contributed by atoms with E-state index >= 15 is 0 Å². The summed E-state index contributed by atoms with van der Waals surface area (Å²) in [7, 11) is 0. The topological polar surface area (TPSA) is 77.1 Å². The van der Waals surface area contributed by atoms with Crippen LogP contribution in [0.2, 0.25) is 0 Å². The van der Waals surface area contributed by atoms with E-state index in [4.69, 9.17) is 5.73 Å². The van der Waals surface area contributed by atoms with Gasteiger partial charge in [0, 0.05) is 44.0 Å². The quantitative estimate of drug-likeness (QED) is 0.564. The van der Waals surface area contributed by atoms with Crippen LogP contribution >= 0.6 is 0 Å². The fourth-order valence-electron chi connectivity index (χ4n) is 3.89. The monoisotopic (exact) mass is 403 g/mol. The fraction of sp³-hybridized carbons (Fsp3) is 0.591. The van der Waals surface area contributed by atoms with Gasteiger partial charge in [-0.05, 0) is 50.0 Å². The number of hydrogen-bond acceptors (Lipinski definition) is 6. The number of nitrogens with zero attached hydrogens (tertiary/aromatic N) is 3. The maximum Gasteiger partial charge on any atom is 0.131 e. The largest absolute Gasteiger partial charge is 0.377 e. The number of aliphatic hydroxyl groups is 1. The zero-order valence-corrected chi connectivity index (χ0v) is 17.6. The number of allylic oxidation sites excluding steroid dienone is 3. The number of nitrogens with one attached hydrogen (secondary N) is 1. The van der Waals surface area contributed by atoms with Gasteiger partial charge < -0.3 is 16.2 Å². The maximum absolute atomic E-state index is 13.5. The van der Waals surface area contributed by atoms with Crippen molar-refractivity contribution in [1.82, 2.24) is 15.1 Å². The number of rotatable bonds is 7. The Bertz CT molecular complexity index is 739. The molecule has 0 amide bonds. The molecule has 3 aliphatic rings. The van der Waals surface area contributed by atoms with Crippen molar-refractivity contribution in [3.05, 3.63) is 46.7 Å². The first-order chi connectivity index (χ1) is 14.0. The predicted octanol–water partition coefficient (Wildman–Crippen LogP) is 1.72. The summed E-state index contributed by atoms with van der Waals surface area (Å²) in [6.07, 6.45) is 9.24. The van der Waals surface area contributed by atoms with Crippen molar-refractivity contribution in [3.63, 3.8) is 0 Å². The number of aliphatic hydroxyl groups excluding tert-OH is 1. The van der Waals surface area contributed by atoms with Crippen molar-refractivity contribution in [2.45, 2.75) is 39.0 Å². The molecule has 2 atom stereocenters. The van der Waals surface area contributed by atoms with Gasteiger partial charge in [-0.1, -0.05) is 18.2 Å². The Morgan fingerprint density at radius 1 is 1.45 bits per heavy atom. The molecule has 0 saturated carbocycles. The number of alkyl halides is 1. The Labute approximate surface area is 173 Å². The van der Waals surface area contributed by atoms with Gasteiger partial charge in [0.15, 0.2) is 0 Å². The van der Waals surface area contributed by atoms with Gasteiger partial charge in [-0.3, -0.25) is 14.8 Å². The molecule has 29 heavy (non-hydrogen) atoms. The van der Waals surface area contributed by atoms with Gasteiger partial charge in [-0.2, -0.15) is 0 Å². The van der Waals surface area contributed by atoms with Crippen LogP contribution in [0.1, 0.15) is 26.7 Å². The molecular weight excluding hydrogens is 369 g/mol. The molecule has 160 valence electrons. The van der Waals surface area contributed by atoms with Gasteiger partial charge >= 0.3 is 0 Å². The van der Waals surface area contributed by atoms with Gasteiger partial charge in [-0.25, -0.2) is 4.39 Å². The zero-order chi connectivity index (χ0) is 20.8. The Kier molecular flexibility index (Phi) is 7.77. The second kappa shape index (κ2) is 10.3. The number of aliphatic imine (C=N–C) groups is 1. The fourth-order valence-corrected chi connectivity index (χ4v) is 3.89. The summed E-state index contributed by atoms with van der Waals surface area (Å²) in [4.78, 5) is 8.72. The molecule has 4 N–H and O–H groups in total. The molecule has 3 rings (SSSR count). The van der Waals surface area contributed by atoms with Crippen molar-refractivity contribution in [2.75, 3.05) is 45.9 Å². The first kappa shape index (κ1) is 21.9. The number of nitrogens with two attached hydrogens (primary N) is 1. The highest BCUT2D eigenvalue weighted by Crippen LogP contribution is 2.21. The first-order valence-electron chi connectivity index (χ1n) is 10.5. The normalized spacial score (nSPS) is 26.0. The first-order valence-corrected chi connectivity index (χ1v) is 10.5. The molecule has 0 bridgehead atoms. The van der Waals surface area contributed by atoms with Crippen LogP contribution in [0.25, 0.3) is 0 Å². The molecule has 3 aliphatic heterocycles. The number of likely N-dealkylation sites (tertiary alicyclic amines) is 1. The summed E-state index contributed by atoms with van der Waals surface area (Å²) in [5, 5.41) is 13.6. The van der Waals surface area contributed by atoms with Gasteiger partial charge in [0.25, 0.3) is 0 Å². The molecule has 0 aromatic rings. The molecule has 0 aromatic heterocycles. The Morgan fingerprint density at radius 2 is 2.28 bits per heavy atom. The minimum absolute atomic E-state index is 0.236. The van der Waals surface area contributed by atoms with Crippen molar-refractivity contribution < 1.29 is 9.50 Å². The van der Waals surface area contributed by atoms with Crippen molar-refractivity contribution in [2.24, 2.45) is 10.7 Å². The Balaban J connectivity index is 1.55. The van der Waals surface area contributed by atoms with Crippen LogP contribution in [0.3, 0.4) is 0 Å². The Morgan fingerprint density at radius 3 is 2.86 bits per heavy atom. The predicted molar refractivity (Wildman–Crippen MR) is 116 cm³/mol. The van der Waals surface area contributed by atoms with Crippen LogP contribution in [-0.2, 0) is 0 Å². The van der Waals surface area contributed by atoms with E-state index in [1.807, 2.05) is 25.3 Å². The molecule has 0 spiro atoms. The van der Waals surface area contributed by atoms with Gasteiger partial charge in [0.1, 0.15) is 18.7 Å². The highest BCUT2D eigenvalue weighted by molar-refractivity contribution is 6.00. The lowest BCUT2D eigenvalue weighted by Crippen LogP contribution is -2.45. The molecule has 0 aliphatic carbocycles. The molecule has 6 nitrogen and oxygen atoms in total. The third-order valence-corrected chi connectivity index (χ3v) is 5.82. The lowest BCUT2D eigenvalue weighted by molar-refractivity contribution is -0.0122. The van der Waals surface area contributed by atoms with Crippen LogP contribution < -0.4 is 11.1 Å². The van der Waals surface area contributed by atoms with Crippen LogP contribution in [0.5, 0.6) is 0 Å². The second-order valence-electron chi connectivity index (χ2n) is 8.24. The molecule has 0 aromatic carbocycles. The average Bonchev–Trinajstić information content (AvgIpc) is 3.14. The summed E-state index contributed by atoms with van der Waals surface area (Å²) in [5.74, 6) is 0.607. The minimum Gasteiger partial charge on any atom is -0.377 e. The Hall–Kier alpha value is -1.80. The molecule has 7 heteroatoms. The number of hydrogen-bond donors (Lipinski definition) is 3. The SMILES string of the molecule is CC1=CNC(/C(=C/C=C(\C)C2=CCN(C(O)CN3CCC(N)C3)CC2)CF)=NC1. The van der Waals surface area contributed by atoms with E-state index in [1.54, 1.807) is 0 Å². The molecule has 1 fully saturated rings. The summed E-state index contributed by atoms with van der Waals surface area (Å²) in [6.45, 7) is 8.12. The number of β-amino-alcohol motifs (C(OH)–C–C–N with tert-alkyl or cyclic N) is 1. The van der Waals surface area contributed by atoms with Gasteiger partial charge in [-0.15, -0.1) is 0 Å². The van der Waals surface area contributed by atoms with E-state index in [0.29, 0.717) is 24.5 Å². The standard InChI is InChI=1S/C22H34FN5O/c1-16-12-25-22(26-13-16)19(11-23)4-3-17(2)18-5-9-28(10-6-18)21(29)15-27-8-7-20(24)14-27/h3-5,12,20-21,29H,6-11,13-15,24H2,1-2H3,(H,25,26)/b17-3+,19-4+. The van der Waals surface area contributed by atoms with Crippen LogP contribution in [0.4, 0.5) is 4.39 Å². The lowest BCUT2D eigenvalue weighted by Gasteiger charge is -2.33. The highest BCUT2D eigenvalue weighted by atomic mass is 19.1. The van der Waals surface area contributed by atoms with Crippen LogP contribution in [-0.4, -0.2) is 79.0 Å². The summed E-state index contributed by atoms with van der Waals surface area (Å²) >= 11 is 0. The van der Waals surface area contributed by atoms with Gasteiger partial charge in [0.2, 0.25) is 0 Å². The maximum atomic E-state index is 13.5. The van der Waals surface area contributed by atoms with E-state index in [-0.39, 0.29) is 6.04 Å².